The van der Waals surface area contributed by atoms with Crippen LogP contribution in [0.2, 0.25) is 0 Å². The number of halogens is 1. The van der Waals surface area contributed by atoms with Gasteiger partial charge < -0.3 is 9.47 Å². The Bertz CT molecular complexity index is 1410. The average molecular weight is 488 g/mol. The molecule has 1 heterocycles. The van der Waals surface area contributed by atoms with Crippen molar-refractivity contribution in [2.45, 2.75) is 11.8 Å². The third kappa shape index (κ3) is 3.16. The lowest BCUT2D eigenvalue weighted by Crippen LogP contribution is -2.13. The summed E-state index contributed by atoms with van der Waals surface area (Å²) in [5.74, 6) is -0.275. The number of rotatable bonds is 4. The quantitative estimate of drug-likeness (QED) is 0.382. The van der Waals surface area contributed by atoms with E-state index in [1.807, 2.05) is 13.0 Å². The summed E-state index contributed by atoms with van der Waals surface area (Å²) in [5.41, 5.74) is 2.07. The summed E-state index contributed by atoms with van der Waals surface area (Å²) in [6, 6.07) is 15.1. The van der Waals surface area contributed by atoms with E-state index in [1.165, 1.54) is 24.3 Å². The van der Waals surface area contributed by atoms with E-state index in [-0.39, 0.29) is 16.2 Å². The standard InChI is InChI=1S/C22H18BrNO5S/c1-13-4-7-16(8-5-13)30(26,27)24-19-9-6-15(23)12-17(19)18-10-14(22(25)29-3)11-20(28-2)21(18)24/h4-12H,1-3H3. The van der Waals surface area contributed by atoms with Gasteiger partial charge in [-0.3, -0.25) is 0 Å². The zero-order valence-electron chi connectivity index (χ0n) is 16.5. The van der Waals surface area contributed by atoms with Crippen LogP contribution in [0.25, 0.3) is 21.8 Å². The summed E-state index contributed by atoms with van der Waals surface area (Å²) < 4.78 is 39.7. The van der Waals surface area contributed by atoms with Crippen LogP contribution in [0.3, 0.4) is 0 Å². The van der Waals surface area contributed by atoms with Gasteiger partial charge in [-0.2, -0.15) is 0 Å². The summed E-state index contributed by atoms with van der Waals surface area (Å²) in [6.07, 6.45) is 0. The van der Waals surface area contributed by atoms with E-state index in [9.17, 15) is 13.2 Å². The number of methoxy groups -OCH3 is 2. The highest BCUT2D eigenvalue weighted by atomic mass is 79.9. The maximum Gasteiger partial charge on any atom is 0.338 e. The molecule has 0 unspecified atom stereocenters. The molecule has 0 amide bonds. The van der Waals surface area contributed by atoms with E-state index in [0.29, 0.717) is 21.8 Å². The molecule has 0 bridgehead atoms. The number of aromatic nitrogens is 1. The van der Waals surface area contributed by atoms with Crippen molar-refractivity contribution in [2.75, 3.05) is 14.2 Å². The number of benzene rings is 3. The monoisotopic (exact) mass is 487 g/mol. The van der Waals surface area contributed by atoms with Gasteiger partial charge in [-0.1, -0.05) is 33.6 Å². The van der Waals surface area contributed by atoms with E-state index in [2.05, 4.69) is 15.9 Å². The molecule has 0 aliphatic heterocycles. The zero-order valence-corrected chi connectivity index (χ0v) is 18.9. The van der Waals surface area contributed by atoms with Gasteiger partial charge in [-0.05, 0) is 49.4 Å². The Morgan fingerprint density at radius 1 is 0.967 bits per heavy atom. The average Bonchev–Trinajstić information content (AvgIpc) is 3.07. The van der Waals surface area contributed by atoms with Gasteiger partial charge in [-0.15, -0.1) is 0 Å². The van der Waals surface area contributed by atoms with Crippen LogP contribution in [0.4, 0.5) is 0 Å². The summed E-state index contributed by atoms with van der Waals surface area (Å²) in [4.78, 5) is 12.3. The van der Waals surface area contributed by atoms with Crippen LogP contribution in [0, 0.1) is 6.92 Å². The first-order valence-electron chi connectivity index (χ1n) is 9.00. The third-order valence-electron chi connectivity index (χ3n) is 4.95. The first kappa shape index (κ1) is 20.4. The first-order chi connectivity index (χ1) is 14.3. The molecule has 0 aliphatic rings. The Balaban J connectivity index is 2.18. The minimum Gasteiger partial charge on any atom is -0.494 e. The Morgan fingerprint density at radius 2 is 1.67 bits per heavy atom. The van der Waals surface area contributed by atoms with Gasteiger partial charge in [0, 0.05) is 15.2 Å². The highest BCUT2D eigenvalue weighted by Crippen LogP contribution is 2.39. The topological polar surface area (TPSA) is 74.6 Å². The van der Waals surface area contributed by atoms with Crippen molar-refractivity contribution in [3.05, 3.63) is 70.2 Å². The van der Waals surface area contributed by atoms with Gasteiger partial charge in [0.25, 0.3) is 10.0 Å². The number of fused-ring (bicyclic) bond motifs is 3. The van der Waals surface area contributed by atoms with Crippen LogP contribution < -0.4 is 4.74 Å². The van der Waals surface area contributed by atoms with E-state index < -0.39 is 16.0 Å². The van der Waals surface area contributed by atoms with Crippen molar-refractivity contribution in [1.29, 1.82) is 0 Å². The van der Waals surface area contributed by atoms with Crippen LogP contribution in [0.1, 0.15) is 15.9 Å². The van der Waals surface area contributed by atoms with Crippen molar-refractivity contribution in [1.82, 2.24) is 3.97 Å². The van der Waals surface area contributed by atoms with Gasteiger partial charge in [0.15, 0.2) is 0 Å². The molecule has 0 spiro atoms. The number of ether oxygens (including phenoxy) is 2. The van der Waals surface area contributed by atoms with E-state index in [0.717, 1.165) is 10.0 Å². The van der Waals surface area contributed by atoms with Crippen LogP contribution in [0.15, 0.2) is 64.0 Å². The molecule has 4 rings (SSSR count). The number of hydrogen-bond donors (Lipinski definition) is 0. The molecule has 0 fully saturated rings. The van der Waals surface area contributed by atoms with E-state index in [1.54, 1.807) is 42.5 Å². The molecule has 8 heteroatoms. The number of nitrogens with zero attached hydrogens (tertiary/aromatic N) is 1. The molecule has 0 saturated heterocycles. The Morgan fingerprint density at radius 3 is 2.30 bits per heavy atom. The highest BCUT2D eigenvalue weighted by molar-refractivity contribution is 9.10. The lowest BCUT2D eigenvalue weighted by atomic mass is 10.1. The molecule has 4 aromatic rings. The summed E-state index contributed by atoms with van der Waals surface area (Å²) in [6.45, 7) is 1.89. The fraction of sp³-hybridized carbons (Fsp3) is 0.136. The second-order valence-corrected chi connectivity index (χ2v) is 9.51. The number of carbonyl (C=O) groups excluding carboxylic acids is 1. The Hall–Kier alpha value is -2.84. The van der Waals surface area contributed by atoms with Gasteiger partial charge in [0.1, 0.15) is 11.3 Å². The molecule has 0 saturated carbocycles. The largest absolute Gasteiger partial charge is 0.494 e. The zero-order chi connectivity index (χ0) is 21.6. The van der Waals surface area contributed by atoms with Crippen molar-refractivity contribution < 1.29 is 22.7 Å². The number of hydrogen-bond acceptors (Lipinski definition) is 5. The second-order valence-electron chi connectivity index (χ2n) is 6.81. The number of aryl methyl sites for hydroxylation is 1. The van der Waals surface area contributed by atoms with Crippen LogP contribution in [-0.4, -0.2) is 32.6 Å². The maximum absolute atomic E-state index is 13.7. The van der Waals surface area contributed by atoms with Gasteiger partial charge in [0.05, 0.1) is 30.2 Å². The molecular weight excluding hydrogens is 470 g/mol. The van der Waals surface area contributed by atoms with Gasteiger partial charge in [0.2, 0.25) is 0 Å². The number of esters is 1. The van der Waals surface area contributed by atoms with Crippen molar-refractivity contribution in [2.24, 2.45) is 0 Å². The predicted octanol–water partition coefficient (Wildman–Crippen LogP) is 4.90. The third-order valence-corrected chi connectivity index (χ3v) is 7.17. The second kappa shape index (κ2) is 7.45. The predicted molar refractivity (Wildman–Crippen MR) is 119 cm³/mol. The minimum atomic E-state index is -3.94. The molecule has 0 N–H and O–H groups in total. The molecule has 30 heavy (non-hydrogen) atoms. The smallest absolute Gasteiger partial charge is 0.338 e. The fourth-order valence-corrected chi connectivity index (χ4v) is 5.40. The van der Waals surface area contributed by atoms with Crippen molar-refractivity contribution in [3.63, 3.8) is 0 Å². The molecule has 0 radical (unpaired) electrons. The lowest BCUT2D eigenvalue weighted by Gasteiger charge is -2.12. The van der Waals surface area contributed by atoms with Gasteiger partial charge in [-0.25, -0.2) is 17.2 Å². The first-order valence-corrected chi connectivity index (χ1v) is 11.2. The maximum atomic E-state index is 13.7. The van der Waals surface area contributed by atoms with Crippen LogP contribution >= 0.6 is 15.9 Å². The SMILES string of the molecule is COC(=O)c1cc(OC)c2c(c1)c1cc(Br)ccc1n2S(=O)(=O)c1ccc(C)cc1. The van der Waals surface area contributed by atoms with Crippen LogP contribution in [-0.2, 0) is 14.8 Å². The lowest BCUT2D eigenvalue weighted by molar-refractivity contribution is 0.0600. The molecule has 6 nitrogen and oxygen atoms in total. The number of carbonyl (C=O) groups is 1. The minimum absolute atomic E-state index is 0.161. The Labute approximate surface area is 182 Å². The van der Waals surface area contributed by atoms with Crippen molar-refractivity contribution >= 4 is 53.7 Å². The summed E-state index contributed by atoms with van der Waals surface area (Å²) in [5, 5.41) is 1.24. The Kier molecular flexibility index (Phi) is 5.07. The normalized spacial score (nSPS) is 11.7. The molecule has 3 aromatic carbocycles. The van der Waals surface area contributed by atoms with E-state index in [4.69, 9.17) is 9.47 Å². The molecule has 1 aromatic heterocycles. The van der Waals surface area contributed by atoms with Crippen molar-refractivity contribution in [3.8, 4) is 5.75 Å². The highest BCUT2D eigenvalue weighted by Gasteiger charge is 2.27. The van der Waals surface area contributed by atoms with Crippen LogP contribution in [0.5, 0.6) is 5.75 Å². The summed E-state index contributed by atoms with van der Waals surface area (Å²) in [7, 11) is -1.22. The molecule has 154 valence electrons. The summed E-state index contributed by atoms with van der Waals surface area (Å²) >= 11 is 3.45. The van der Waals surface area contributed by atoms with Gasteiger partial charge >= 0.3 is 5.97 Å². The molecular formula is C22H18BrNO5S. The molecule has 0 atom stereocenters. The molecule has 0 aliphatic carbocycles. The van der Waals surface area contributed by atoms with E-state index >= 15 is 0 Å². The fourth-order valence-electron chi connectivity index (χ4n) is 3.50.